The summed E-state index contributed by atoms with van der Waals surface area (Å²) in [5, 5.41) is 0. The fraction of sp³-hybridized carbons (Fsp3) is 0.400. The minimum Gasteiger partial charge on any atom is -0.371 e. The Kier molecular flexibility index (Phi) is 2.56. The number of isocyanates is 1. The number of carbonyl (C=O) groups excluding carboxylic acids is 1. The molecule has 1 fully saturated rings. The first-order chi connectivity index (χ1) is 6.90. The smallest absolute Gasteiger partial charge is 0.242 e. The summed E-state index contributed by atoms with van der Waals surface area (Å²) in [5.41, 5.74) is 1.09. The predicted octanol–water partition coefficient (Wildman–Crippen LogP) is 1.65. The molecule has 0 saturated carbocycles. The molecule has 1 saturated heterocycles. The maximum atomic E-state index is 10.1. The van der Waals surface area contributed by atoms with E-state index in [9.17, 15) is 4.79 Å². The van der Waals surface area contributed by atoms with Crippen LogP contribution in [-0.4, -0.2) is 24.2 Å². The van der Waals surface area contributed by atoms with Gasteiger partial charge in [0.05, 0.1) is 0 Å². The molecule has 0 atom stereocenters. The topological polar surface area (TPSA) is 45.6 Å². The molecule has 0 spiro atoms. The van der Waals surface area contributed by atoms with Crippen LogP contribution < -0.4 is 4.90 Å². The van der Waals surface area contributed by atoms with Crippen LogP contribution in [0.15, 0.2) is 23.3 Å². The standard InChI is InChI=1S/C10H11N3O/c14-8-12-10-7-9(3-4-11-10)13-5-1-2-6-13/h3-4,7H,1-2,5-6H2. The number of pyridine rings is 1. The summed E-state index contributed by atoms with van der Waals surface area (Å²) in [5.74, 6) is 0.435. The van der Waals surface area contributed by atoms with Crippen molar-refractivity contribution in [1.29, 1.82) is 0 Å². The second-order valence-corrected chi connectivity index (χ2v) is 3.27. The van der Waals surface area contributed by atoms with Crippen LogP contribution in [0.2, 0.25) is 0 Å². The van der Waals surface area contributed by atoms with Gasteiger partial charge in [0.1, 0.15) is 0 Å². The van der Waals surface area contributed by atoms with Gasteiger partial charge in [0.15, 0.2) is 5.82 Å². The molecule has 0 N–H and O–H groups in total. The zero-order chi connectivity index (χ0) is 9.80. The number of aromatic nitrogens is 1. The van der Waals surface area contributed by atoms with Gasteiger partial charge in [-0.2, -0.15) is 0 Å². The predicted molar refractivity (Wildman–Crippen MR) is 53.5 cm³/mol. The van der Waals surface area contributed by atoms with E-state index in [4.69, 9.17) is 0 Å². The third-order valence-electron chi connectivity index (χ3n) is 2.36. The molecule has 0 aliphatic carbocycles. The Hall–Kier alpha value is -1.67. The van der Waals surface area contributed by atoms with Crippen molar-refractivity contribution < 1.29 is 4.79 Å². The molecular formula is C10H11N3O. The van der Waals surface area contributed by atoms with E-state index in [2.05, 4.69) is 14.9 Å². The molecule has 0 unspecified atom stereocenters. The van der Waals surface area contributed by atoms with Crippen LogP contribution in [0.25, 0.3) is 0 Å². The molecule has 4 nitrogen and oxygen atoms in total. The SMILES string of the molecule is O=C=Nc1cc(N2CCCC2)ccn1. The summed E-state index contributed by atoms with van der Waals surface area (Å²) >= 11 is 0. The minimum absolute atomic E-state index is 0.435. The molecular weight excluding hydrogens is 178 g/mol. The fourth-order valence-electron chi connectivity index (χ4n) is 1.69. The highest BCUT2D eigenvalue weighted by Gasteiger charge is 2.12. The molecule has 1 aliphatic heterocycles. The van der Waals surface area contributed by atoms with Crippen molar-refractivity contribution in [2.24, 2.45) is 4.99 Å². The Bertz CT molecular complexity index is 365. The fourth-order valence-corrected chi connectivity index (χ4v) is 1.69. The van der Waals surface area contributed by atoms with Crippen molar-refractivity contribution in [3.05, 3.63) is 18.3 Å². The molecule has 0 radical (unpaired) electrons. The van der Waals surface area contributed by atoms with Gasteiger partial charge < -0.3 is 4.90 Å². The second-order valence-electron chi connectivity index (χ2n) is 3.27. The van der Waals surface area contributed by atoms with Crippen LogP contribution in [0, 0.1) is 0 Å². The van der Waals surface area contributed by atoms with Gasteiger partial charge in [-0.1, -0.05) is 0 Å². The lowest BCUT2D eigenvalue weighted by Gasteiger charge is -2.16. The highest BCUT2D eigenvalue weighted by Crippen LogP contribution is 2.22. The minimum atomic E-state index is 0.435. The first kappa shape index (κ1) is 8.91. The Labute approximate surface area is 82.3 Å². The molecule has 1 aromatic heterocycles. The lowest BCUT2D eigenvalue weighted by Crippen LogP contribution is -2.17. The number of aliphatic imine (C=N–C) groups is 1. The van der Waals surface area contributed by atoms with Gasteiger partial charge >= 0.3 is 0 Å². The molecule has 1 aliphatic rings. The second kappa shape index (κ2) is 4.03. The molecule has 4 heteroatoms. The number of hydrogen-bond acceptors (Lipinski definition) is 4. The Morgan fingerprint density at radius 1 is 1.43 bits per heavy atom. The van der Waals surface area contributed by atoms with Crippen LogP contribution in [0.5, 0.6) is 0 Å². The monoisotopic (exact) mass is 189 g/mol. The maximum Gasteiger partial charge on any atom is 0.242 e. The van der Waals surface area contributed by atoms with E-state index in [-0.39, 0.29) is 0 Å². The van der Waals surface area contributed by atoms with E-state index in [0.717, 1.165) is 18.8 Å². The van der Waals surface area contributed by atoms with Crippen molar-refractivity contribution in [3.63, 3.8) is 0 Å². The lowest BCUT2D eigenvalue weighted by atomic mass is 10.3. The van der Waals surface area contributed by atoms with Crippen LogP contribution in [0.1, 0.15) is 12.8 Å². The van der Waals surface area contributed by atoms with E-state index >= 15 is 0 Å². The lowest BCUT2D eigenvalue weighted by molar-refractivity contribution is 0.565. The maximum absolute atomic E-state index is 10.1. The van der Waals surface area contributed by atoms with E-state index in [1.165, 1.54) is 18.9 Å². The Morgan fingerprint density at radius 2 is 2.21 bits per heavy atom. The normalized spacial score (nSPS) is 15.3. The van der Waals surface area contributed by atoms with Crippen LogP contribution in [0.3, 0.4) is 0 Å². The van der Waals surface area contributed by atoms with Crippen LogP contribution in [-0.2, 0) is 4.79 Å². The van der Waals surface area contributed by atoms with Gasteiger partial charge in [-0.05, 0) is 18.9 Å². The molecule has 0 aromatic carbocycles. The van der Waals surface area contributed by atoms with E-state index < -0.39 is 0 Å². The highest BCUT2D eigenvalue weighted by atomic mass is 16.1. The average Bonchev–Trinajstić information content (AvgIpc) is 2.71. The zero-order valence-electron chi connectivity index (χ0n) is 7.81. The Balaban J connectivity index is 2.24. The number of rotatable bonds is 2. The molecule has 14 heavy (non-hydrogen) atoms. The molecule has 2 heterocycles. The van der Waals surface area contributed by atoms with Gasteiger partial charge in [0.25, 0.3) is 0 Å². The molecule has 0 amide bonds. The van der Waals surface area contributed by atoms with Gasteiger partial charge in [-0.15, -0.1) is 4.99 Å². The highest BCUT2D eigenvalue weighted by molar-refractivity contribution is 5.55. The summed E-state index contributed by atoms with van der Waals surface area (Å²) in [6.45, 7) is 2.16. The number of anilines is 1. The average molecular weight is 189 g/mol. The van der Waals surface area contributed by atoms with E-state index in [0.29, 0.717) is 5.82 Å². The van der Waals surface area contributed by atoms with Gasteiger partial charge in [-0.25, -0.2) is 9.78 Å². The first-order valence-electron chi connectivity index (χ1n) is 4.69. The van der Waals surface area contributed by atoms with Crippen molar-refractivity contribution in [1.82, 2.24) is 4.98 Å². The quantitative estimate of drug-likeness (QED) is 0.525. The van der Waals surface area contributed by atoms with Crippen LogP contribution >= 0.6 is 0 Å². The molecule has 2 rings (SSSR count). The molecule has 72 valence electrons. The van der Waals surface area contributed by atoms with E-state index in [1.807, 2.05) is 12.1 Å². The number of nitrogens with zero attached hydrogens (tertiary/aromatic N) is 3. The van der Waals surface area contributed by atoms with Crippen molar-refractivity contribution >= 4 is 17.6 Å². The van der Waals surface area contributed by atoms with Crippen molar-refractivity contribution in [2.45, 2.75) is 12.8 Å². The van der Waals surface area contributed by atoms with Crippen LogP contribution in [0.4, 0.5) is 11.5 Å². The summed E-state index contributed by atoms with van der Waals surface area (Å²) in [4.78, 5) is 19.8. The molecule has 0 bridgehead atoms. The summed E-state index contributed by atoms with van der Waals surface area (Å²) < 4.78 is 0. The van der Waals surface area contributed by atoms with Crippen molar-refractivity contribution in [3.8, 4) is 0 Å². The van der Waals surface area contributed by atoms with Gasteiger partial charge in [-0.3, -0.25) is 0 Å². The van der Waals surface area contributed by atoms with Gasteiger partial charge in [0, 0.05) is 31.0 Å². The molecule has 1 aromatic rings. The number of hydrogen-bond donors (Lipinski definition) is 0. The summed E-state index contributed by atoms with van der Waals surface area (Å²) in [6.07, 6.45) is 5.63. The summed E-state index contributed by atoms with van der Waals surface area (Å²) in [7, 11) is 0. The first-order valence-corrected chi connectivity index (χ1v) is 4.69. The Morgan fingerprint density at radius 3 is 2.93 bits per heavy atom. The van der Waals surface area contributed by atoms with Gasteiger partial charge in [0.2, 0.25) is 6.08 Å². The summed E-state index contributed by atoms with van der Waals surface area (Å²) in [6, 6.07) is 3.76. The largest absolute Gasteiger partial charge is 0.371 e. The van der Waals surface area contributed by atoms with Crippen molar-refractivity contribution in [2.75, 3.05) is 18.0 Å². The third kappa shape index (κ3) is 1.80. The van der Waals surface area contributed by atoms with E-state index in [1.54, 1.807) is 6.20 Å². The zero-order valence-corrected chi connectivity index (χ0v) is 7.81. The third-order valence-corrected chi connectivity index (χ3v) is 2.36.